The molecule has 0 aromatic heterocycles. The highest BCUT2D eigenvalue weighted by molar-refractivity contribution is 8.18. The van der Waals surface area contributed by atoms with Crippen LogP contribution < -0.4 is 5.32 Å². The van der Waals surface area contributed by atoms with Gasteiger partial charge in [-0.05, 0) is 59.8 Å². The molecule has 1 aliphatic rings. The summed E-state index contributed by atoms with van der Waals surface area (Å²) in [4.78, 5) is 26.8. The topological polar surface area (TPSA) is 84.6 Å². The first-order valence-electron chi connectivity index (χ1n) is 6.81. The number of amidine groups is 1. The number of thioether (sulfide) groups is 1. The zero-order chi connectivity index (χ0) is 17.1. The number of carbonyl (C=O) groups excluding carboxylic acids is 1. The molecule has 2 aromatic rings. The van der Waals surface area contributed by atoms with Crippen LogP contribution in [0.5, 0.6) is 0 Å². The van der Waals surface area contributed by atoms with E-state index in [0.29, 0.717) is 21.3 Å². The van der Waals surface area contributed by atoms with Crippen molar-refractivity contribution in [2.24, 2.45) is 4.99 Å². The Kier molecular flexibility index (Phi) is 4.39. The number of non-ortho nitro benzene ring substituents is 1. The molecule has 3 rings (SSSR count). The molecule has 6 nitrogen and oxygen atoms in total. The minimum Gasteiger partial charge on any atom is -0.300 e. The van der Waals surface area contributed by atoms with E-state index in [4.69, 9.17) is 0 Å². The average Bonchev–Trinajstić information content (AvgIpc) is 2.89. The predicted molar refractivity (Wildman–Crippen MR) is 90.3 cm³/mol. The minimum absolute atomic E-state index is 0.0146. The van der Waals surface area contributed by atoms with Gasteiger partial charge in [-0.15, -0.1) is 0 Å². The summed E-state index contributed by atoms with van der Waals surface area (Å²) in [6.07, 6.45) is 1.62. The normalized spacial score (nSPS) is 17.3. The fraction of sp³-hybridized carbons (Fsp3) is 0. The standard InChI is InChI=1S/C16H10FN3O3S/c17-11-3-5-12(6-4-11)18-16-19-15(21)14(24-16)9-10-1-7-13(8-2-10)20(22)23/h1-9H,(H,18,19,21)/b14-9+. The van der Waals surface area contributed by atoms with Crippen molar-refractivity contribution in [3.63, 3.8) is 0 Å². The third kappa shape index (κ3) is 3.66. The Morgan fingerprint density at radius 2 is 1.79 bits per heavy atom. The van der Waals surface area contributed by atoms with Gasteiger partial charge >= 0.3 is 0 Å². The molecule has 0 aliphatic carbocycles. The number of halogens is 1. The summed E-state index contributed by atoms with van der Waals surface area (Å²) in [5.41, 5.74) is 1.18. The van der Waals surface area contributed by atoms with Crippen LogP contribution in [-0.2, 0) is 4.79 Å². The third-order valence-electron chi connectivity index (χ3n) is 3.11. The molecule has 1 amide bonds. The second-order valence-corrected chi connectivity index (χ2v) is 5.84. The van der Waals surface area contributed by atoms with Gasteiger partial charge in [-0.2, -0.15) is 0 Å². The lowest BCUT2D eigenvalue weighted by Crippen LogP contribution is -2.19. The summed E-state index contributed by atoms with van der Waals surface area (Å²) in [6.45, 7) is 0. The molecule has 1 N–H and O–H groups in total. The maximum absolute atomic E-state index is 12.9. The Bertz CT molecular complexity index is 861. The molecule has 0 radical (unpaired) electrons. The number of carbonyl (C=O) groups is 1. The van der Waals surface area contributed by atoms with Crippen LogP contribution in [0.1, 0.15) is 5.56 Å². The molecule has 8 heteroatoms. The third-order valence-corrected chi connectivity index (χ3v) is 4.02. The Balaban J connectivity index is 1.79. The quantitative estimate of drug-likeness (QED) is 0.524. The van der Waals surface area contributed by atoms with E-state index in [1.807, 2.05) is 0 Å². The van der Waals surface area contributed by atoms with Gasteiger partial charge in [-0.1, -0.05) is 0 Å². The zero-order valence-electron chi connectivity index (χ0n) is 12.1. The fourth-order valence-electron chi connectivity index (χ4n) is 1.96. The number of rotatable bonds is 3. The van der Waals surface area contributed by atoms with Gasteiger partial charge in [0.25, 0.3) is 11.6 Å². The lowest BCUT2D eigenvalue weighted by atomic mass is 10.2. The Hall–Kier alpha value is -3.00. The van der Waals surface area contributed by atoms with Crippen LogP contribution in [0.2, 0.25) is 0 Å². The smallest absolute Gasteiger partial charge is 0.269 e. The molecule has 2 aromatic carbocycles. The van der Waals surface area contributed by atoms with Crippen molar-refractivity contribution in [2.45, 2.75) is 0 Å². The Morgan fingerprint density at radius 3 is 2.42 bits per heavy atom. The molecule has 0 bridgehead atoms. The van der Waals surface area contributed by atoms with Crippen molar-refractivity contribution in [3.05, 3.63) is 74.9 Å². The molecule has 120 valence electrons. The number of nitro groups is 1. The molecular weight excluding hydrogens is 333 g/mol. The van der Waals surface area contributed by atoms with Crippen LogP contribution >= 0.6 is 11.8 Å². The van der Waals surface area contributed by atoms with Gasteiger partial charge in [0.1, 0.15) is 5.82 Å². The van der Waals surface area contributed by atoms with Crippen molar-refractivity contribution in [2.75, 3.05) is 0 Å². The van der Waals surface area contributed by atoms with E-state index in [9.17, 15) is 19.3 Å². The molecule has 1 heterocycles. The van der Waals surface area contributed by atoms with Crippen LogP contribution in [-0.4, -0.2) is 16.0 Å². The van der Waals surface area contributed by atoms with E-state index in [0.717, 1.165) is 11.8 Å². The van der Waals surface area contributed by atoms with E-state index >= 15 is 0 Å². The fourth-order valence-corrected chi connectivity index (χ4v) is 2.80. The zero-order valence-corrected chi connectivity index (χ0v) is 12.9. The second kappa shape index (κ2) is 6.63. The number of nitro benzene ring substituents is 1. The number of nitrogens with zero attached hydrogens (tertiary/aromatic N) is 2. The first kappa shape index (κ1) is 15.9. The van der Waals surface area contributed by atoms with E-state index in [1.165, 1.54) is 36.4 Å². The molecule has 1 saturated heterocycles. The van der Waals surface area contributed by atoms with Crippen molar-refractivity contribution in [3.8, 4) is 0 Å². The lowest BCUT2D eigenvalue weighted by Gasteiger charge is -1.96. The molecule has 1 fully saturated rings. The molecule has 0 spiro atoms. The van der Waals surface area contributed by atoms with E-state index in [1.54, 1.807) is 18.2 Å². The van der Waals surface area contributed by atoms with Crippen LogP contribution in [0, 0.1) is 15.9 Å². The van der Waals surface area contributed by atoms with Crippen LogP contribution in [0.15, 0.2) is 58.4 Å². The maximum atomic E-state index is 12.9. The highest BCUT2D eigenvalue weighted by atomic mass is 32.2. The van der Waals surface area contributed by atoms with Gasteiger partial charge in [0, 0.05) is 12.1 Å². The number of nitrogens with one attached hydrogen (secondary N) is 1. The minimum atomic E-state index is -0.485. The summed E-state index contributed by atoms with van der Waals surface area (Å²) in [5, 5.41) is 13.6. The maximum Gasteiger partial charge on any atom is 0.269 e. The second-order valence-electron chi connectivity index (χ2n) is 4.81. The number of benzene rings is 2. The largest absolute Gasteiger partial charge is 0.300 e. The van der Waals surface area contributed by atoms with Gasteiger partial charge in [-0.25, -0.2) is 9.38 Å². The summed E-state index contributed by atoms with van der Waals surface area (Å²) in [7, 11) is 0. The van der Waals surface area contributed by atoms with Crippen molar-refractivity contribution < 1.29 is 14.1 Å². The van der Waals surface area contributed by atoms with E-state index in [2.05, 4.69) is 10.3 Å². The van der Waals surface area contributed by atoms with Gasteiger partial charge < -0.3 is 5.32 Å². The molecule has 0 atom stereocenters. The molecule has 1 aliphatic heterocycles. The van der Waals surface area contributed by atoms with Crippen molar-refractivity contribution in [1.82, 2.24) is 5.32 Å². The monoisotopic (exact) mass is 343 g/mol. The van der Waals surface area contributed by atoms with Crippen molar-refractivity contribution in [1.29, 1.82) is 0 Å². The van der Waals surface area contributed by atoms with Crippen LogP contribution in [0.3, 0.4) is 0 Å². The Labute approximate surface area is 140 Å². The SMILES string of the molecule is O=C1NC(=Nc2ccc(F)cc2)S/C1=C/c1ccc([N+](=O)[O-])cc1. The molecular formula is C16H10FN3O3S. The number of amides is 1. The number of hydrogen-bond acceptors (Lipinski definition) is 5. The van der Waals surface area contributed by atoms with Gasteiger partial charge in [-0.3, -0.25) is 14.9 Å². The Morgan fingerprint density at radius 1 is 1.12 bits per heavy atom. The predicted octanol–water partition coefficient (Wildman–Crippen LogP) is 3.63. The summed E-state index contributed by atoms with van der Waals surface area (Å²) in [5.74, 6) is -0.667. The van der Waals surface area contributed by atoms with Crippen molar-refractivity contribution >= 4 is 40.3 Å². The average molecular weight is 343 g/mol. The summed E-state index contributed by atoms with van der Waals surface area (Å²) in [6, 6.07) is 11.5. The van der Waals surface area contributed by atoms with Crippen LogP contribution in [0.25, 0.3) is 6.08 Å². The highest BCUT2D eigenvalue weighted by Gasteiger charge is 2.23. The van der Waals surface area contributed by atoms with E-state index in [-0.39, 0.29) is 17.4 Å². The first-order chi connectivity index (χ1) is 11.5. The highest BCUT2D eigenvalue weighted by Crippen LogP contribution is 2.28. The van der Waals surface area contributed by atoms with Crippen LogP contribution in [0.4, 0.5) is 15.8 Å². The number of hydrogen-bond donors (Lipinski definition) is 1. The summed E-state index contributed by atoms with van der Waals surface area (Å²) >= 11 is 1.15. The van der Waals surface area contributed by atoms with E-state index < -0.39 is 4.92 Å². The molecule has 0 saturated carbocycles. The summed E-state index contributed by atoms with van der Waals surface area (Å²) < 4.78 is 12.9. The van der Waals surface area contributed by atoms with Gasteiger partial charge in [0.2, 0.25) is 0 Å². The first-order valence-corrected chi connectivity index (χ1v) is 7.62. The molecule has 24 heavy (non-hydrogen) atoms. The number of aliphatic imine (C=N–C) groups is 1. The van der Waals surface area contributed by atoms with Gasteiger partial charge in [0.15, 0.2) is 5.17 Å². The molecule has 0 unspecified atom stereocenters. The lowest BCUT2D eigenvalue weighted by molar-refractivity contribution is -0.384. The van der Waals surface area contributed by atoms with Gasteiger partial charge in [0.05, 0.1) is 15.5 Å².